The predicted octanol–water partition coefficient (Wildman–Crippen LogP) is 4.35. The van der Waals surface area contributed by atoms with Crippen LogP contribution in [0.15, 0.2) is 36.4 Å². The van der Waals surface area contributed by atoms with Crippen LogP contribution in [0.25, 0.3) is 0 Å². The van der Waals surface area contributed by atoms with E-state index in [1.54, 1.807) is 24.3 Å². The molecule has 0 amide bonds. The highest BCUT2D eigenvalue weighted by molar-refractivity contribution is 7.80. The minimum absolute atomic E-state index is 0.0553. The van der Waals surface area contributed by atoms with Gasteiger partial charge in [-0.1, -0.05) is 47.6 Å². The van der Waals surface area contributed by atoms with Crippen LogP contribution in [-0.2, 0) is 6.61 Å². The van der Waals surface area contributed by atoms with Crippen LogP contribution in [-0.4, -0.2) is 4.99 Å². The molecule has 0 unspecified atom stereocenters. The number of hydrogen-bond acceptors (Lipinski definition) is 2. The second-order valence-corrected chi connectivity index (χ2v) is 5.29. The summed E-state index contributed by atoms with van der Waals surface area (Å²) in [5, 5.41) is 1.01. The summed E-state index contributed by atoms with van der Waals surface area (Å²) in [7, 11) is 0. The van der Waals surface area contributed by atoms with Crippen molar-refractivity contribution in [3.8, 4) is 5.75 Å². The lowest BCUT2D eigenvalue weighted by atomic mass is 10.2. The van der Waals surface area contributed by atoms with Gasteiger partial charge in [-0.15, -0.1) is 0 Å². The largest absolute Gasteiger partial charge is 0.488 e. The van der Waals surface area contributed by atoms with E-state index in [0.717, 1.165) is 5.56 Å². The van der Waals surface area contributed by atoms with Crippen molar-refractivity contribution in [3.05, 3.63) is 63.4 Å². The van der Waals surface area contributed by atoms with Crippen LogP contribution < -0.4 is 10.5 Å². The van der Waals surface area contributed by atoms with Crippen LogP contribution >= 0.6 is 35.4 Å². The normalized spacial score (nSPS) is 10.3. The van der Waals surface area contributed by atoms with E-state index in [4.69, 9.17) is 45.9 Å². The van der Waals surface area contributed by atoms with Crippen LogP contribution in [0.1, 0.15) is 11.1 Å². The van der Waals surface area contributed by atoms with E-state index in [9.17, 15) is 4.39 Å². The second-order valence-electron chi connectivity index (χ2n) is 4.00. The number of rotatable bonds is 4. The first-order chi connectivity index (χ1) is 9.49. The second kappa shape index (κ2) is 6.39. The summed E-state index contributed by atoms with van der Waals surface area (Å²) in [5.41, 5.74) is 6.32. The maximum atomic E-state index is 13.7. The third kappa shape index (κ3) is 3.39. The molecule has 0 aliphatic heterocycles. The lowest BCUT2D eigenvalue weighted by Crippen LogP contribution is -2.14. The molecule has 2 aromatic carbocycles. The van der Waals surface area contributed by atoms with E-state index in [1.165, 1.54) is 12.1 Å². The van der Waals surface area contributed by atoms with E-state index in [1.807, 2.05) is 0 Å². The Morgan fingerprint density at radius 2 is 2.00 bits per heavy atom. The summed E-state index contributed by atoms with van der Waals surface area (Å²) in [4.78, 5) is -0.0553. The molecular weight excluding hydrogens is 320 g/mol. The fourth-order valence-corrected chi connectivity index (χ4v) is 2.32. The van der Waals surface area contributed by atoms with Crippen molar-refractivity contribution in [2.24, 2.45) is 5.73 Å². The summed E-state index contributed by atoms with van der Waals surface area (Å²) < 4.78 is 19.2. The maximum absolute atomic E-state index is 13.7. The van der Waals surface area contributed by atoms with Crippen molar-refractivity contribution >= 4 is 40.4 Å². The molecule has 2 N–H and O–H groups in total. The fourth-order valence-electron chi connectivity index (χ4n) is 1.66. The van der Waals surface area contributed by atoms with Gasteiger partial charge in [-0.25, -0.2) is 4.39 Å². The molecule has 2 nitrogen and oxygen atoms in total. The van der Waals surface area contributed by atoms with Gasteiger partial charge >= 0.3 is 0 Å². The van der Waals surface area contributed by atoms with E-state index in [2.05, 4.69) is 0 Å². The van der Waals surface area contributed by atoms with Crippen molar-refractivity contribution in [1.29, 1.82) is 0 Å². The van der Waals surface area contributed by atoms with E-state index in [0.29, 0.717) is 10.0 Å². The van der Waals surface area contributed by atoms with Crippen LogP contribution in [0.4, 0.5) is 4.39 Å². The molecular formula is C14H10Cl2FNOS. The van der Waals surface area contributed by atoms with Crippen molar-refractivity contribution < 1.29 is 9.13 Å². The number of halogens is 3. The Labute approximate surface area is 131 Å². The molecule has 0 heterocycles. The Morgan fingerprint density at radius 1 is 1.25 bits per heavy atom. The number of benzene rings is 2. The molecule has 6 heteroatoms. The monoisotopic (exact) mass is 329 g/mol. The smallest absolute Gasteiger partial charge is 0.137 e. The molecule has 0 bridgehead atoms. The Kier molecular flexibility index (Phi) is 4.81. The molecule has 0 fully saturated rings. The van der Waals surface area contributed by atoms with E-state index in [-0.39, 0.29) is 22.9 Å². The summed E-state index contributed by atoms with van der Waals surface area (Å²) in [6.45, 7) is 0.162. The highest BCUT2D eigenvalue weighted by Gasteiger charge is 2.13. The van der Waals surface area contributed by atoms with Gasteiger partial charge in [0.15, 0.2) is 0 Å². The van der Waals surface area contributed by atoms with Gasteiger partial charge in [0, 0.05) is 15.6 Å². The van der Waals surface area contributed by atoms with Crippen molar-refractivity contribution in [3.63, 3.8) is 0 Å². The van der Waals surface area contributed by atoms with Crippen LogP contribution in [0, 0.1) is 5.82 Å². The van der Waals surface area contributed by atoms with Crippen molar-refractivity contribution in [2.75, 3.05) is 0 Å². The number of ether oxygens (including phenoxy) is 1. The molecule has 2 rings (SSSR count). The molecule has 0 aromatic heterocycles. The molecule has 2 aromatic rings. The zero-order chi connectivity index (χ0) is 14.7. The summed E-state index contributed by atoms with van der Waals surface area (Å²) in [6.07, 6.45) is 0. The van der Waals surface area contributed by atoms with Gasteiger partial charge in [0.05, 0.1) is 5.56 Å². The first kappa shape index (κ1) is 15.0. The van der Waals surface area contributed by atoms with Gasteiger partial charge < -0.3 is 10.5 Å². The van der Waals surface area contributed by atoms with E-state index >= 15 is 0 Å². The first-order valence-electron chi connectivity index (χ1n) is 5.64. The summed E-state index contributed by atoms with van der Waals surface area (Å²) in [5.74, 6) is -0.235. The maximum Gasteiger partial charge on any atom is 0.137 e. The lowest BCUT2D eigenvalue weighted by Gasteiger charge is -2.12. The van der Waals surface area contributed by atoms with Gasteiger partial charge in [-0.3, -0.25) is 0 Å². The number of thiocarbonyl (C=S) groups is 1. The zero-order valence-electron chi connectivity index (χ0n) is 10.2. The number of nitrogens with two attached hydrogens (primary N) is 1. The quantitative estimate of drug-likeness (QED) is 0.847. The van der Waals surface area contributed by atoms with Crippen molar-refractivity contribution in [1.82, 2.24) is 0 Å². The zero-order valence-corrected chi connectivity index (χ0v) is 12.5. The van der Waals surface area contributed by atoms with Gasteiger partial charge in [0.25, 0.3) is 0 Å². The molecule has 104 valence electrons. The molecule has 0 saturated heterocycles. The molecule has 20 heavy (non-hydrogen) atoms. The molecule has 0 saturated carbocycles. The van der Waals surface area contributed by atoms with Gasteiger partial charge in [0.1, 0.15) is 23.2 Å². The third-order valence-corrected chi connectivity index (χ3v) is 3.41. The summed E-state index contributed by atoms with van der Waals surface area (Å²) in [6, 6.07) is 9.45. The average molecular weight is 330 g/mol. The Balaban J connectivity index is 2.23. The number of hydrogen-bond donors (Lipinski definition) is 1. The van der Waals surface area contributed by atoms with Crippen LogP contribution in [0.2, 0.25) is 10.0 Å². The Bertz CT molecular complexity index is 664. The van der Waals surface area contributed by atoms with Gasteiger partial charge in [-0.2, -0.15) is 0 Å². The fraction of sp³-hybridized carbons (Fsp3) is 0.0714. The molecule has 0 aliphatic rings. The molecule has 0 spiro atoms. The average Bonchev–Trinajstić information content (AvgIpc) is 2.37. The van der Waals surface area contributed by atoms with Crippen LogP contribution in [0.3, 0.4) is 0 Å². The van der Waals surface area contributed by atoms with Gasteiger partial charge in [0.2, 0.25) is 0 Å². The Morgan fingerprint density at radius 3 is 2.65 bits per heavy atom. The summed E-state index contributed by atoms with van der Waals surface area (Å²) >= 11 is 16.7. The van der Waals surface area contributed by atoms with Gasteiger partial charge in [-0.05, 0) is 24.3 Å². The van der Waals surface area contributed by atoms with E-state index < -0.39 is 5.82 Å². The molecule has 0 aliphatic carbocycles. The SMILES string of the molecule is NC(=S)c1c(F)cccc1OCc1ccc(Cl)cc1Cl. The first-order valence-corrected chi connectivity index (χ1v) is 6.80. The highest BCUT2D eigenvalue weighted by atomic mass is 35.5. The molecule has 0 radical (unpaired) electrons. The minimum atomic E-state index is -0.516. The predicted molar refractivity (Wildman–Crippen MR) is 83.1 cm³/mol. The third-order valence-electron chi connectivity index (χ3n) is 2.62. The molecule has 0 atom stereocenters. The lowest BCUT2D eigenvalue weighted by molar-refractivity contribution is 0.304. The van der Waals surface area contributed by atoms with Crippen molar-refractivity contribution in [2.45, 2.75) is 6.61 Å². The minimum Gasteiger partial charge on any atom is -0.488 e. The van der Waals surface area contributed by atoms with Crippen LogP contribution in [0.5, 0.6) is 5.75 Å². The Hall–Kier alpha value is -1.36. The standard InChI is InChI=1S/C14H10Cl2FNOS/c15-9-5-4-8(10(16)6-9)7-19-12-3-1-2-11(17)13(12)14(18)20/h1-6H,7H2,(H2,18,20). The highest BCUT2D eigenvalue weighted by Crippen LogP contribution is 2.25. The topological polar surface area (TPSA) is 35.2 Å².